The van der Waals surface area contributed by atoms with E-state index < -0.39 is 0 Å². The third-order valence-corrected chi connectivity index (χ3v) is 4.54. The fraction of sp³-hybridized carbons (Fsp3) is 0. The molecular formula is C21H14Cl2N2. The first-order valence-corrected chi connectivity index (χ1v) is 8.64. The van der Waals surface area contributed by atoms with E-state index in [1.165, 1.54) is 0 Å². The summed E-state index contributed by atoms with van der Waals surface area (Å²) < 4.78 is 1.85. The summed E-state index contributed by atoms with van der Waals surface area (Å²) in [5.74, 6) is 0. The summed E-state index contributed by atoms with van der Waals surface area (Å²) in [6, 6.07) is 27.7. The predicted molar refractivity (Wildman–Crippen MR) is 104 cm³/mol. The molecular weight excluding hydrogens is 351 g/mol. The smallest absolute Gasteiger partial charge is 0.0934 e. The van der Waals surface area contributed by atoms with Crippen LogP contribution in [0.2, 0.25) is 10.0 Å². The molecule has 4 heteroatoms. The van der Waals surface area contributed by atoms with Crippen molar-refractivity contribution in [2.24, 2.45) is 0 Å². The van der Waals surface area contributed by atoms with Gasteiger partial charge in [-0.05, 0) is 24.3 Å². The number of rotatable bonds is 3. The van der Waals surface area contributed by atoms with Gasteiger partial charge in [-0.1, -0.05) is 83.9 Å². The Bertz CT molecular complexity index is 1010. The first-order valence-electron chi connectivity index (χ1n) is 7.89. The van der Waals surface area contributed by atoms with Crippen LogP contribution in [0.25, 0.3) is 28.2 Å². The Morgan fingerprint density at radius 3 is 2.00 bits per heavy atom. The van der Waals surface area contributed by atoms with Crippen molar-refractivity contribution < 1.29 is 0 Å². The molecule has 3 aromatic carbocycles. The van der Waals surface area contributed by atoms with Gasteiger partial charge in [-0.3, -0.25) is 0 Å². The van der Waals surface area contributed by atoms with Crippen LogP contribution >= 0.6 is 23.2 Å². The number of nitrogens with zero attached hydrogens (tertiary/aromatic N) is 2. The second-order valence-electron chi connectivity index (χ2n) is 5.65. The molecule has 0 saturated heterocycles. The topological polar surface area (TPSA) is 17.8 Å². The summed E-state index contributed by atoms with van der Waals surface area (Å²) >= 11 is 12.6. The average molecular weight is 365 g/mol. The Hall–Kier alpha value is -2.55. The maximum Gasteiger partial charge on any atom is 0.0934 e. The van der Waals surface area contributed by atoms with Crippen LogP contribution < -0.4 is 0 Å². The Morgan fingerprint density at radius 1 is 0.680 bits per heavy atom. The summed E-state index contributed by atoms with van der Waals surface area (Å²) in [5.41, 5.74) is 4.72. The second kappa shape index (κ2) is 6.75. The van der Waals surface area contributed by atoms with Crippen LogP contribution in [0.5, 0.6) is 0 Å². The molecule has 1 heterocycles. The monoisotopic (exact) mass is 364 g/mol. The van der Waals surface area contributed by atoms with E-state index in [9.17, 15) is 0 Å². The maximum atomic E-state index is 6.43. The third kappa shape index (κ3) is 3.19. The minimum absolute atomic E-state index is 0.601. The van der Waals surface area contributed by atoms with E-state index in [1.54, 1.807) is 12.1 Å². The normalized spacial score (nSPS) is 10.8. The minimum Gasteiger partial charge on any atom is -0.231 e. The Morgan fingerprint density at radius 2 is 1.32 bits per heavy atom. The molecule has 0 spiro atoms. The molecule has 0 amide bonds. The van der Waals surface area contributed by atoms with Crippen LogP contribution in [0.15, 0.2) is 84.9 Å². The van der Waals surface area contributed by atoms with Crippen molar-refractivity contribution in [1.82, 2.24) is 9.78 Å². The van der Waals surface area contributed by atoms with Crippen molar-refractivity contribution in [2.75, 3.05) is 0 Å². The molecule has 25 heavy (non-hydrogen) atoms. The summed E-state index contributed by atoms with van der Waals surface area (Å²) in [5, 5.41) is 6.02. The van der Waals surface area contributed by atoms with Crippen LogP contribution in [0.3, 0.4) is 0 Å². The molecule has 0 saturated carbocycles. The van der Waals surface area contributed by atoms with Gasteiger partial charge < -0.3 is 0 Å². The molecule has 4 aromatic rings. The highest BCUT2D eigenvalue weighted by Gasteiger charge is 2.15. The van der Waals surface area contributed by atoms with Crippen molar-refractivity contribution in [3.8, 4) is 28.2 Å². The van der Waals surface area contributed by atoms with Gasteiger partial charge in [-0.15, -0.1) is 0 Å². The molecule has 0 aliphatic heterocycles. The molecule has 2 nitrogen and oxygen atoms in total. The predicted octanol–water partition coefficient (Wildman–Crippen LogP) is 6.51. The first-order chi connectivity index (χ1) is 12.2. The molecule has 0 N–H and O–H groups in total. The fourth-order valence-corrected chi connectivity index (χ4v) is 3.14. The number of benzene rings is 3. The van der Waals surface area contributed by atoms with Gasteiger partial charge in [0.25, 0.3) is 0 Å². The molecule has 0 bridgehead atoms. The minimum atomic E-state index is 0.601. The highest BCUT2D eigenvalue weighted by molar-refractivity contribution is 6.34. The van der Waals surface area contributed by atoms with E-state index in [-0.39, 0.29) is 0 Å². The lowest BCUT2D eigenvalue weighted by molar-refractivity contribution is 0.892. The van der Waals surface area contributed by atoms with E-state index in [0.29, 0.717) is 10.0 Å². The van der Waals surface area contributed by atoms with E-state index in [0.717, 1.165) is 28.2 Å². The lowest BCUT2D eigenvalue weighted by Crippen LogP contribution is -2.00. The lowest BCUT2D eigenvalue weighted by atomic mass is 10.1. The zero-order valence-corrected chi connectivity index (χ0v) is 14.7. The number of aromatic nitrogens is 2. The number of hydrogen-bond acceptors (Lipinski definition) is 1. The van der Waals surface area contributed by atoms with Crippen LogP contribution in [-0.2, 0) is 0 Å². The van der Waals surface area contributed by atoms with Gasteiger partial charge in [-0.25, -0.2) is 4.68 Å². The summed E-state index contributed by atoms with van der Waals surface area (Å²) in [4.78, 5) is 0. The lowest BCUT2D eigenvalue weighted by Gasteiger charge is -2.10. The summed E-state index contributed by atoms with van der Waals surface area (Å²) in [6.45, 7) is 0. The second-order valence-corrected chi connectivity index (χ2v) is 6.50. The Kier molecular flexibility index (Phi) is 4.31. The van der Waals surface area contributed by atoms with Crippen LogP contribution in [0, 0.1) is 0 Å². The van der Waals surface area contributed by atoms with E-state index >= 15 is 0 Å². The largest absolute Gasteiger partial charge is 0.231 e. The molecule has 0 aliphatic rings. The van der Waals surface area contributed by atoms with Gasteiger partial charge in [0.05, 0.1) is 22.1 Å². The molecule has 0 atom stereocenters. The molecule has 122 valence electrons. The first kappa shape index (κ1) is 15.9. The maximum absolute atomic E-state index is 6.43. The van der Waals surface area contributed by atoms with Gasteiger partial charge >= 0.3 is 0 Å². The zero-order chi connectivity index (χ0) is 17.2. The molecule has 1 aromatic heterocycles. The van der Waals surface area contributed by atoms with Crippen molar-refractivity contribution in [1.29, 1.82) is 0 Å². The molecule has 4 rings (SSSR count). The van der Waals surface area contributed by atoms with E-state index in [4.69, 9.17) is 28.3 Å². The SMILES string of the molecule is Clc1ccc(Cl)c(-n2nc(-c3ccccc3)cc2-c2ccccc2)c1. The van der Waals surface area contributed by atoms with Crippen LogP contribution in [-0.4, -0.2) is 9.78 Å². The standard InChI is InChI=1S/C21H14Cl2N2/c22-17-11-12-18(23)21(13-17)25-20(16-9-5-2-6-10-16)14-19(24-25)15-7-3-1-4-8-15/h1-14H. The third-order valence-electron chi connectivity index (χ3n) is 3.98. The van der Waals surface area contributed by atoms with Crippen LogP contribution in [0.4, 0.5) is 0 Å². The highest BCUT2D eigenvalue weighted by Crippen LogP contribution is 2.32. The quantitative estimate of drug-likeness (QED) is 0.404. The fourth-order valence-electron chi connectivity index (χ4n) is 2.78. The van der Waals surface area contributed by atoms with Crippen molar-refractivity contribution in [2.45, 2.75) is 0 Å². The van der Waals surface area contributed by atoms with Gasteiger partial charge in [0.1, 0.15) is 0 Å². The van der Waals surface area contributed by atoms with Crippen molar-refractivity contribution in [3.05, 3.63) is 95.0 Å². The van der Waals surface area contributed by atoms with Crippen molar-refractivity contribution in [3.63, 3.8) is 0 Å². The Labute approximate surface area is 156 Å². The van der Waals surface area contributed by atoms with Crippen LogP contribution in [0.1, 0.15) is 0 Å². The van der Waals surface area contributed by atoms with E-state index in [1.807, 2.05) is 59.3 Å². The Balaban J connectivity index is 1.96. The molecule has 0 aliphatic carbocycles. The summed E-state index contributed by atoms with van der Waals surface area (Å²) in [7, 11) is 0. The van der Waals surface area contributed by atoms with Gasteiger partial charge in [0.15, 0.2) is 0 Å². The average Bonchev–Trinajstić information content (AvgIpc) is 3.10. The molecule has 0 fully saturated rings. The number of halogens is 2. The van der Waals surface area contributed by atoms with E-state index in [2.05, 4.69) is 18.2 Å². The van der Waals surface area contributed by atoms with Gasteiger partial charge in [-0.2, -0.15) is 5.10 Å². The summed E-state index contributed by atoms with van der Waals surface area (Å²) in [6.07, 6.45) is 0. The molecule has 0 radical (unpaired) electrons. The number of hydrogen-bond donors (Lipinski definition) is 0. The van der Waals surface area contributed by atoms with Gasteiger partial charge in [0, 0.05) is 16.1 Å². The van der Waals surface area contributed by atoms with Crippen molar-refractivity contribution >= 4 is 23.2 Å². The van der Waals surface area contributed by atoms with Gasteiger partial charge in [0.2, 0.25) is 0 Å². The molecule has 0 unspecified atom stereocenters. The zero-order valence-electron chi connectivity index (χ0n) is 13.2. The highest BCUT2D eigenvalue weighted by atomic mass is 35.5.